The molecule has 0 aliphatic rings. The highest BCUT2D eigenvalue weighted by atomic mass is 79.9. The molecule has 0 radical (unpaired) electrons. The van der Waals surface area contributed by atoms with Crippen LogP contribution in [0.1, 0.15) is 12.2 Å². The van der Waals surface area contributed by atoms with E-state index in [1.807, 2.05) is 24.3 Å². The molecular weight excluding hydrogens is 270 g/mol. The van der Waals surface area contributed by atoms with Gasteiger partial charge in [0.2, 0.25) is 0 Å². The minimum absolute atomic E-state index is 0.644. The molecule has 0 aliphatic carbocycles. The monoisotopic (exact) mass is 281 g/mol. The largest absolute Gasteiger partial charge is 0.330 e. The van der Waals surface area contributed by atoms with Crippen LogP contribution in [-0.4, -0.2) is 26.8 Å². The van der Waals surface area contributed by atoms with Crippen molar-refractivity contribution >= 4 is 15.9 Å². The summed E-state index contributed by atoms with van der Waals surface area (Å²) in [5.74, 6) is 0.727. The molecular formula is C10H12BrN5. The number of tetrazole rings is 1. The van der Waals surface area contributed by atoms with Gasteiger partial charge in [0.1, 0.15) is 0 Å². The Morgan fingerprint density at radius 1 is 1.38 bits per heavy atom. The summed E-state index contributed by atoms with van der Waals surface area (Å²) >= 11 is 3.40. The molecule has 84 valence electrons. The highest BCUT2D eigenvalue weighted by Crippen LogP contribution is 2.13. The van der Waals surface area contributed by atoms with E-state index < -0.39 is 0 Å². The third-order valence-corrected chi connectivity index (χ3v) is 2.59. The van der Waals surface area contributed by atoms with Crippen LogP contribution < -0.4 is 5.73 Å². The Morgan fingerprint density at radius 2 is 2.25 bits per heavy atom. The predicted molar refractivity (Wildman–Crippen MR) is 64.2 cm³/mol. The second kappa shape index (κ2) is 5.18. The molecule has 0 fully saturated rings. The van der Waals surface area contributed by atoms with Crippen molar-refractivity contribution in [2.75, 3.05) is 6.54 Å². The van der Waals surface area contributed by atoms with Crippen LogP contribution in [0.4, 0.5) is 0 Å². The number of benzene rings is 1. The van der Waals surface area contributed by atoms with E-state index in [-0.39, 0.29) is 0 Å². The summed E-state index contributed by atoms with van der Waals surface area (Å²) in [7, 11) is 0. The first-order valence-electron chi connectivity index (χ1n) is 5.04. The molecule has 0 spiro atoms. The van der Waals surface area contributed by atoms with Crippen LogP contribution in [0.2, 0.25) is 0 Å². The highest BCUT2D eigenvalue weighted by Gasteiger charge is 2.04. The van der Waals surface area contributed by atoms with Crippen LogP contribution in [0.15, 0.2) is 28.7 Å². The summed E-state index contributed by atoms with van der Waals surface area (Å²) in [6.45, 7) is 0.644. The van der Waals surface area contributed by atoms with E-state index in [4.69, 9.17) is 5.73 Å². The third-order valence-electron chi connectivity index (χ3n) is 2.10. The molecule has 0 bridgehead atoms. The second-order valence-electron chi connectivity index (χ2n) is 3.37. The zero-order chi connectivity index (χ0) is 11.4. The topological polar surface area (TPSA) is 69.6 Å². The van der Waals surface area contributed by atoms with Gasteiger partial charge >= 0.3 is 0 Å². The van der Waals surface area contributed by atoms with Crippen LogP contribution in [0, 0.1) is 0 Å². The zero-order valence-corrected chi connectivity index (χ0v) is 10.3. The number of aryl methyl sites for hydroxylation is 1. The number of aromatic nitrogens is 4. The van der Waals surface area contributed by atoms with Gasteiger partial charge in [-0.15, -0.1) is 15.0 Å². The molecule has 0 amide bonds. The lowest BCUT2D eigenvalue weighted by Gasteiger charge is -1.97. The molecule has 0 atom stereocenters. The Hall–Kier alpha value is -1.27. The molecule has 2 rings (SSSR count). The minimum atomic E-state index is 0.644. The first-order chi connectivity index (χ1) is 7.79. The maximum absolute atomic E-state index is 5.43. The van der Waals surface area contributed by atoms with E-state index in [2.05, 4.69) is 31.3 Å². The summed E-state index contributed by atoms with van der Waals surface area (Å²) in [5, 5.41) is 12.2. The Morgan fingerprint density at radius 3 is 3.00 bits per heavy atom. The Kier molecular flexibility index (Phi) is 3.63. The summed E-state index contributed by atoms with van der Waals surface area (Å²) in [5.41, 5.74) is 6.31. The molecule has 0 unspecified atom stereocenters. The highest BCUT2D eigenvalue weighted by molar-refractivity contribution is 9.10. The molecule has 1 heterocycles. The van der Waals surface area contributed by atoms with Crippen molar-refractivity contribution in [1.82, 2.24) is 20.2 Å². The van der Waals surface area contributed by atoms with Gasteiger partial charge in [0.05, 0.1) is 5.69 Å². The van der Waals surface area contributed by atoms with Crippen molar-refractivity contribution < 1.29 is 0 Å². The SMILES string of the molecule is NCCCc1nnn(-c2cccc(Br)c2)n1. The second-order valence-corrected chi connectivity index (χ2v) is 4.28. The third kappa shape index (κ3) is 2.65. The molecule has 1 aromatic heterocycles. The fourth-order valence-corrected chi connectivity index (χ4v) is 1.70. The summed E-state index contributed by atoms with van der Waals surface area (Å²) in [6.07, 6.45) is 1.65. The van der Waals surface area contributed by atoms with Gasteiger partial charge in [0.25, 0.3) is 0 Å². The van der Waals surface area contributed by atoms with Crippen molar-refractivity contribution in [3.05, 3.63) is 34.6 Å². The minimum Gasteiger partial charge on any atom is -0.330 e. The van der Waals surface area contributed by atoms with Crippen LogP contribution in [0.3, 0.4) is 0 Å². The zero-order valence-electron chi connectivity index (χ0n) is 8.67. The van der Waals surface area contributed by atoms with Crippen molar-refractivity contribution in [3.63, 3.8) is 0 Å². The molecule has 0 saturated carbocycles. The number of halogens is 1. The number of nitrogens with two attached hydrogens (primary N) is 1. The van der Waals surface area contributed by atoms with Crippen LogP contribution >= 0.6 is 15.9 Å². The van der Waals surface area contributed by atoms with Crippen molar-refractivity contribution in [2.24, 2.45) is 5.73 Å². The lowest BCUT2D eigenvalue weighted by atomic mass is 10.3. The number of hydrogen-bond acceptors (Lipinski definition) is 4. The van der Waals surface area contributed by atoms with Crippen molar-refractivity contribution in [3.8, 4) is 5.69 Å². The first-order valence-corrected chi connectivity index (χ1v) is 5.84. The van der Waals surface area contributed by atoms with E-state index in [1.165, 1.54) is 4.80 Å². The normalized spacial score (nSPS) is 10.6. The molecule has 2 N–H and O–H groups in total. The van der Waals surface area contributed by atoms with Crippen LogP contribution in [0.25, 0.3) is 5.69 Å². The van der Waals surface area contributed by atoms with E-state index >= 15 is 0 Å². The van der Waals surface area contributed by atoms with Crippen molar-refractivity contribution in [1.29, 1.82) is 0 Å². The van der Waals surface area contributed by atoms with E-state index in [0.29, 0.717) is 6.54 Å². The standard InChI is InChI=1S/C10H12BrN5/c11-8-3-1-4-9(7-8)16-14-10(13-15-16)5-2-6-12/h1,3-4,7H,2,5-6,12H2. The summed E-state index contributed by atoms with van der Waals surface area (Å²) < 4.78 is 0.991. The number of nitrogens with zero attached hydrogens (tertiary/aromatic N) is 4. The average Bonchev–Trinajstić information content (AvgIpc) is 2.75. The molecule has 1 aromatic carbocycles. The van der Waals surface area contributed by atoms with Gasteiger partial charge in [0, 0.05) is 10.9 Å². The number of rotatable bonds is 4. The van der Waals surface area contributed by atoms with E-state index in [1.54, 1.807) is 0 Å². The maximum atomic E-state index is 5.43. The predicted octanol–water partition coefficient (Wildman–Crippen LogP) is 1.32. The van der Waals surface area contributed by atoms with E-state index in [0.717, 1.165) is 28.8 Å². The summed E-state index contributed by atoms with van der Waals surface area (Å²) in [6, 6.07) is 7.76. The van der Waals surface area contributed by atoms with Gasteiger partial charge in [0.15, 0.2) is 5.82 Å². The average molecular weight is 282 g/mol. The Labute approximate surface area is 102 Å². The summed E-state index contributed by atoms with van der Waals surface area (Å²) in [4.78, 5) is 1.52. The molecule has 16 heavy (non-hydrogen) atoms. The molecule has 0 saturated heterocycles. The van der Waals surface area contributed by atoms with Crippen molar-refractivity contribution in [2.45, 2.75) is 12.8 Å². The lowest BCUT2D eigenvalue weighted by Crippen LogP contribution is -2.02. The van der Waals surface area contributed by atoms with Gasteiger partial charge < -0.3 is 5.73 Å². The molecule has 0 aliphatic heterocycles. The number of hydrogen-bond donors (Lipinski definition) is 1. The van der Waals surface area contributed by atoms with Gasteiger partial charge in [-0.1, -0.05) is 22.0 Å². The van der Waals surface area contributed by atoms with Crippen LogP contribution in [-0.2, 0) is 6.42 Å². The maximum Gasteiger partial charge on any atom is 0.175 e. The quantitative estimate of drug-likeness (QED) is 0.918. The van der Waals surface area contributed by atoms with Gasteiger partial charge in [-0.25, -0.2) is 0 Å². The fraction of sp³-hybridized carbons (Fsp3) is 0.300. The lowest BCUT2D eigenvalue weighted by molar-refractivity contribution is 0.714. The molecule has 5 nitrogen and oxygen atoms in total. The first kappa shape index (κ1) is 11.2. The Bertz CT molecular complexity index is 468. The van der Waals surface area contributed by atoms with Gasteiger partial charge in [-0.3, -0.25) is 0 Å². The molecule has 6 heteroatoms. The molecule has 2 aromatic rings. The van der Waals surface area contributed by atoms with Crippen LogP contribution in [0.5, 0.6) is 0 Å². The smallest absolute Gasteiger partial charge is 0.175 e. The van der Waals surface area contributed by atoms with Gasteiger partial charge in [-0.2, -0.15) is 0 Å². The van der Waals surface area contributed by atoms with E-state index in [9.17, 15) is 0 Å². The fourth-order valence-electron chi connectivity index (χ4n) is 1.31. The van der Waals surface area contributed by atoms with Gasteiger partial charge in [-0.05, 0) is 36.4 Å². The Balaban J connectivity index is 2.18.